The normalized spacial score (nSPS) is 12.0. The van der Waals surface area contributed by atoms with E-state index in [4.69, 9.17) is 9.47 Å². The Kier molecular flexibility index (Phi) is 14.1. The maximum atomic E-state index is 13.9. The van der Waals surface area contributed by atoms with Crippen molar-refractivity contribution >= 4 is 5.97 Å². The van der Waals surface area contributed by atoms with Crippen LogP contribution in [0.5, 0.6) is 11.5 Å². The molecule has 0 fully saturated rings. The lowest BCUT2D eigenvalue weighted by Crippen LogP contribution is -2.23. The number of rotatable bonds is 18. The summed E-state index contributed by atoms with van der Waals surface area (Å²) in [6.07, 6.45) is 13.2. The summed E-state index contributed by atoms with van der Waals surface area (Å²) >= 11 is 0. The van der Waals surface area contributed by atoms with E-state index in [2.05, 4.69) is 6.92 Å². The number of unbranched alkanes of at least 4 members (excludes halogenated alkanes) is 10. The molecule has 0 heterocycles. The van der Waals surface area contributed by atoms with Crippen molar-refractivity contribution in [3.63, 3.8) is 0 Å². The third-order valence-corrected chi connectivity index (χ3v) is 6.21. The van der Waals surface area contributed by atoms with Crippen molar-refractivity contribution < 1.29 is 18.7 Å². The van der Waals surface area contributed by atoms with Gasteiger partial charge in [-0.25, -0.2) is 9.18 Å². The summed E-state index contributed by atoms with van der Waals surface area (Å²) in [4.78, 5) is 11.9. The average molecular weight is 485 g/mol. The maximum Gasteiger partial charge on any atom is 0.346 e. The highest BCUT2D eigenvalue weighted by molar-refractivity contribution is 5.77. The van der Waals surface area contributed by atoms with E-state index in [1.54, 1.807) is 12.1 Å². The van der Waals surface area contributed by atoms with Crippen molar-refractivity contribution in [2.24, 2.45) is 5.92 Å². The molecule has 0 aromatic heterocycles. The van der Waals surface area contributed by atoms with Crippen LogP contribution in [0.3, 0.4) is 0 Å². The molecule has 0 aliphatic carbocycles. The van der Waals surface area contributed by atoms with Crippen LogP contribution in [0.25, 0.3) is 11.1 Å². The van der Waals surface area contributed by atoms with E-state index in [-0.39, 0.29) is 12.3 Å². The zero-order chi connectivity index (χ0) is 25.3. The number of carbonyl (C=O) groups excluding carboxylic acids is 1. The van der Waals surface area contributed by atoms with E-state index in [1.807, 2.05) is 50.2 Å². The lowest BCUT2D eigenvalue weighted by Gasteiger charge is -2.11. The van der Waals surface area contributed by atoms with E-state index >= 15 is 0 Å². The number of carbonyl (C=O) groups is 1. The van der Waals surface area contributed by atoms with Crippen LogP contribution in [0.15, 0.2) is 48.5 Å². The van der Waals surface area contributed by atoms with E-state index < -0.39 is 12.1 Å². The molecule has 0 saturated heterocycles. The van der Waals surface area contributed by atoms with E-state index in [0.717, 1.165) is 29.9 Å². The van der Waals surface area contributed by atoms with Gasteiger partial charge in [-0.15, -0.1) is 0 Å². The fourth-order valence-electron chi connectivity index (χ4n) is 4.11. The molecule has 2 aromatic carbocycles. The Bertz CT molecular complexity index is 814. The number of benzene rings is 2. The molecule has 0 N–H and O–H groups in total. The Morgan fingerprint density at radius 3 is 1.66 bits per heavy atom. The highest BCUT2D eigenvalue weighted by Crippen LogP contribution is 2.25. The second kappa shape index (κ2) is 17.1. The molecule has 0 amide bonds. The summed E-state index contributed by atoms with van der Waals surface area (Å²) < 4.78 is 24.9. The Morgan fingerprint density at radius 2 is 1.17 bits per heavy atom. The van der Waals surface area contributed by atoms with Gasteiger partial charge in [0.25, 0.3) is 0 Å². The fourth-order valence-corrected chi connectivity index (χ4v) is 4.11. The minimum absolute atomic E-state index is 0.103. The van der Waals surface area contributed by atoms with Gasteiger partial charge >= 0.3 is 5.97 Å². The van der Waals surface area contributed by atoms with Crippen LogP contribution in [0.1, 0.15) is 97.8 Å². The molecule has 2 rings (SSSR count). The molecule has 4 heteroatoms. The lowest BCUT2D eigenvalue weighted by molar-refractivity contribution is -0.140. The summed E-state index contributed by atoms with van der Waals surface area (Å²) in [6.45, 7) is 6.78. The number of hydrogen-bond acceptors (Lipinski definition) is 3. The summed E-state index contributed by atoms with van der Waals surface area (Å²) in [5.74, 6) is 0.514. The Labute approximate surface area is 212 Å². The predicted octanol–water partition coefficient (Wildman–Crippen LogP) is 9.33. The van der Waals surface area contributed by atoms with Gasteiger partial charge in [-0.2, -0.15) is 0 Å². The van der Waals surface area contributed by atoms with E-state index in [0.29, 0.717) is 5.75 Å². The third kappa shape index (κ3) is 12.2. The molecule has 0 radical (unpaired) electrons. The van der Waals surface area contributed by atoms with Crippen LogP contribution < -0.4 is 9.47 Å². The van der Waals surface area contributed by atoms with Gasteiger partial charge in [0.05, 0.1) is 6.61 Å². The number of halogens is 1. The standard InChI is InChI=1S/C31H45FO3/c1-4-5-6-7-8-9-10-11-12-13-14-23-34-28-19-15-26(16-20-28)27-17-21-29(22-18-27)35-31(33)30(32)24-25(2)3/h15-22,25,30H,4-14,23-24H2,1-3H3. The van der Waals surface area contributed by atoms with Gasteiger partial charge < -0.3 is 9.47 Å². The number of hydrogen-bond donors (Lipinski definition) is 0. The van der Waals surface area contributed by atoms with Crippen LogP contribution in [-0.4, -0.2) is 18.7 Å². The van der Waals surface area contributed by atoms with Crippen LogP contribution >= 0.6 is 0 Å². The molecule has 0 aliphatic rings. The van der Waals surface area contributed by atoms with Crippen molar-refractivity contribution in [1.29, 1.82) is 0 Å². The van der Waals surface area contributed by atoms with Crippen LogP contribution in [0.2, 0.25) is 0 Å². The molecule has 1 unspecified atom stereocenters. The van der Waals surface area contributed by atoms with Crippen molar-refractivity contribution in [2.75, 3.05) is 6.61 Å². The van der Waals surface area contributed by atoms with Gasteiger partial charge in [0, 0.05) is 0 Å². The monoisotopic (exact) mass is 484 g/mol. The SMILES string of the molecule is CCCCCCCCCCCCCOc1ccc(-c2ccc(OC(=O)C(F)CC(C)C)cc2)cc1. The first-order valence-corrected chi connectivity index (χ1v) is 13.7. The lowest BCUT2D eigenvalue weighted by atomic mass is 10.1. The first-order valence-electron chi connectivity index (χ1n) is 13.7. The largest absolute Gasteiger partial charge is 0.494 e. The van der Waals surface area contributed by atoms with Crippen LogP contribution in [-0.2, 0) is 4.79 Å². The quantitative estimate of drug-likeness (QED) is 0.120. The van der Waals surface area contributed by atoms with Gasteiger partial charge in [-0.3, -0.25) is 0 Å². The molecule has 0 saturated carbocycles. The fraction of sp³-hybridized carbons (Fsp3) is 0.581. The zero-order valence-electron chi connectivity index (χ0n) is 22.1. The van der Waals surface area contributed by atoms with Crippen molar-refractivity contribution in [1.82, 2.24) is 0 Å². The predicted molar refractivity (Wildman–Crippen MR) is 144 cm³/mol. The van der Waals surface area contributed by atoms with Crippen molar-refractivity contribution in [3.05, 3.63) is 48.5 Å². The molecule has 0 bridgehead atoms. The molecule has 194 valence electrons. The zero-order valence-corrected chi connectivity index (χ0v) is 22.1. The Morgan fingerprint density at radius 1 is 0.714 bits per heavy atom. The molecule has 0 aliphatic heterocycles. The molecule has 0 spiro atoms. The summed E-state index contributed by atoms with van der Waals surface area (Å²) in [5.41, 5.74) is 2.05. The van der Waals surface area contributed by atoms with Gasteiger partial charge in [-0.05, 0) is 54.2 Å². The molecular formula is C31H45FO3. The number of ether oxygens (including phenoxy) is 2. The first-order chi connectivity index (χ1) is 17.0. The molecule has 3 nitrogen and oxygen atoms in total. The second-order valence-corrected chi connectivity index (χ2v) is 9.95. The van der Waals surface area contributed by atoms with Crippen LogP contribution in [0, 0.1) is 5.92 Å². The molecular weight excluding hydrogens is 439 g/mol. The smallest absolute Gasteiger partial charge is 0.346 e. The highest BCUT2D eigenvalue weighted by atomic mass is 19.1. The minimum Gasteiger partial charge on any atom is -0.494 e. The summed E-state index contributed by atoms with van der Waals surface area (Å²) in [5, 5.41) is 0. The highest BCUT2D eigenvalue weighted by Gasteiger charge is 2.20. The van der Waals surface area contributed by atoms with E-state index in [9.17, 15) is 9.18 Å². The minimum atomic E-state index is -1.59. The van der Waals surface area contributed by atoms with E-state index in [1.165, 1.54) is 64.2 Å². The van der Waals surface area contributed by atoms with Gasteiger partial charge in [-0.1, -0.05) is 109 Å². The Hall–Kier alpha value is -2.36. The van der Waals surface area contributed by atoms with Crippen LogP contribution in [0.4, 0.5) is 4.39 Å². The summed E-state index contributed by atoms with van der Waals surface area (Å²) in [6, 6.07) is 15.2. The first kappa shape index (κ1) is 28.9. The summed E-state index contributed by atoms with van der Waals surface area (Å²) in [7, 11) is 0. The Balaban J connectivity index is 1.62. The average Bonchev–Trinajstić information content (AvgIpc) is 2.85. The van der Waals surface area contributed by atoms with Crippen molar-refractivity contribution in [3.8, 4) is 22.6 Å². The second-order valence-electron chi connectivity index (χ2n) is 9.95. The number of alkyl halides is 1. The number of esters is 1. The topological polar surface area (TPSA) is 35.5 Å². The van der Waals surface area contributed by atoms with Gasteiger partial charge in [0.15, 0.2) is 6.17 Å². The molecule has 1 atom stereocenters. The maximum absolute atomic E-state index is 13.9. The molecule has 35 heavy (non-hydrogen) atoms. The third-order valence-electron chi connectivity index (χ3n) is 6.21. The van der Waals surface area contributed by atoms with Crippen molar-refractivity contribution in [2.45, 2.75) is 104 Å². The molecule has 2 aromatic rings. The van der Waals surface area contributed by atoms with Gasteiger partial charge in [0.2, 0.25) is 0 Å². The van der Waals surface area contributed by atoms with Gasteiger partial charge in [0.1, 0.15) is 11.5 Å².